The molecular formula is C42H53F3O. The van der Waals surface area contributed by atoms with Crippen LogP contribution in [0, 0.1) is 35.2 Å². The van der Waals surface area contributed by atoms with Crippen LogP contribution in [0.25, 0.3) is 22.3 Å². The summed E-state index contributed by atoms with van der Waals surface area (Å²) in [5.41, 5.74) is 3.24. The van der Waals surface area contributed by atoms with Crippen LogP contribution in [0.2, 0.25) is 0 Å². The minimum atomic E-state index is -0.953. The van der Waals surface area contributed by atoms with Gasteiger partial charge in [0.15, 0.2) is 11.6 Å². The van der Waals surface area contributed by atoms with Gasteiger partial charge in [-0.2, -0.15) is 4.39 Å². The summed E-state index contributed by atoms with van der Waals surface area (Å²) in [6.07, 6.45) is 21.1. The van der Waals surface area contributed by atoms with E-state index >= 15 is 8.78 Å². The number of hydrogen-bond donors (Lipinski definition) is 0. The van der Waals surface area contributed by atoms with Crippen molar-refractivity contribution in [3.63, 3.8) is 0 Å². The molecule has 0 heterocycles. The van der Waals surface area contributed by atoms with Gasteiger partial charge >= 0.3 is 0 Å². The fourth-order valence-electron chi connectivity index (χ4n) is 8.01. The highest BCUT2D eigenvalue weighted by Gasteiger charge is 2.32. The Morgan fingerprint density at radius 3 is 2.00 bits per heavy atom. The van der Waals surface area contributed by atoms with Gasteiger partial charge in [-0.05, 0) is 122 Å². The summed E-state index contributed by atoms with van der Waals surface area (Å²) in [4.78, 5) is 0. The number of halogens is 3. The number of ether oxygens (including phenoxy) is 1. The lowest BCUT2D eigenvalue weighted by Crippen LogP contribution is -2.25. The molecule has 0 aliphatic heterocycles. The molecule has 2 aliphatic rings. The summed E-state index contributed by atoms with van der Waals surface area (Å²) < 4.78 is 50.9. The number of allylic oxidation sites excluding steroid dienone is 1. The van der Waals surface area contributed by atoms with Crippen molar-refractivity contribution in [2.75, 3.05) is 6.61 Å². The monoisotopic (exact) mass is 630 g/mol. The largest absolute Gasteiger partial charge is 0.490 e. The highest BCUT2D eigenvalue weighted by atomic mass is 19.2. The first-order chi connectivity index (χ1) is 22.5. The zero-order valence-electron chi connectivity index (χ0n) is 27.9. The molecule has 3 aromatic rings. The molecule has 0 bridgehead atoms. The van der Waals surface area contributed by atoms with Crippen LogP contribution in [-0.2, 0) is 0 Å². The fraction of sp³-hybridized carbons (Fsp3) is 0.524. The van der Waals surface area contributed by atoms with E-state index in [9.17, 15) is 4.39 Å². The Balaban J connectivity index is 1.14. The second kappa shape index (κ2) is 17.2. The average molecular weight is 631 g/mol. The highest BCUT2D eigenvalue weighted by Crippen LogP contribution is 2.45. The van der Waals surface area contributed by atoms with Gasteiger partial charge in [0.1, 0.15) is 5.82 Å². The molecule has 3 aromatic carbocycles. The van der Waals surface area contributed by atoms with Crippen LogP contribution in [0.5, 0.6) is 5.75 Å². The van der Waals surface area contributed by atoms with Crippen LogP contribution in [-0.4, -0.2) is 6.61 Å². The zero-order chi connectivity index (χ0) is 32.3. The van der Waals surface area contributed by atoms with E-state index in [0.29, 0.717) is 12.2 Å². The molecule has 0 aromatic heterocycles. The molecule has 4 heteroatoms. The van der Waals surface area contributed by atoms with E-state index in [1.54, 1.807) is 24.3 Å². The van der Waals surface area contributed by atoms with E-state index in [1.165, 1.54) is 70.3 Å². The van der Waals surface area contributed by atoms with E-state index < -0.39 is 11.6 Å². The molecular weight excluding hydrogens is 577 g/mol. The smallest absolute Gasteiger partial charge is 0.201 e. The highest BCUT2D eigenvalue weighted by molar-refractivity contribution is 5.71. The Morgan fingerprint density at radius 2 is 1.33 bits per heavy atom. The molecule has 0 spiro atoms. The summed E-state index contributed by atoms with van der Waals surface area (Å²) >= 11 is 0. The van der Waals surface area contributed by atoms with Crippen LogP contribution in [0.3, 0.4) is 0 Å². The van der Waals surface area contributed by atoms with Gasteiger partial charge in [0.25, 0.3) is 0 Å². The molecule has 0 unspecified atom stereocenters. The lowest BCUT2D eigenvalue weighted by molar-refractivity contribution is 0.156. The Kier molecular flexibility index (Phi) is 12.9. The van der Waals surface area contributed by atoms with Gasteiger partial charge in [0.05, 0.1) is 6.61 Å². The first-order valence-corrected chi connectivity index (χ1v) is 18.1. The molecule has 2 saturated carbocycles. The summed E-state index contributed by atoms with van der Waals surface area (Å²) in [7, 11) is 0. The summed E-state index contributed by atoms with van der Waals surface area (Å²) in [6, 6.07) is 15.9. The molecule has 248 valence electrons. The third kappa shape index (κ3) is 8.87. The predicted octanol–water partition coefficient (Wildman–Crippen LogP) is 13.2. The SMILES string of the molecule is C=CCCC1CCC(C2CCC(c3ccc(-c4ccc(-c5ccc(OCCCCCCCC)c(F)c5F)cc4)cc3F)CC2)CC1. The molecule has 0 N–H and O–H groups in total. The van der Waals surface area contributed by atoms with Gasteiger partial charge in [-0.15, -0.1) is 6.58 Å². The van der Waals surface area contributed by atoms with E-state index in [-0.39, 0.29) is 23.0 Å². The molecule has 0 radical (unpaired) electrons. The van der Waals surface area contributed by atoms with Crippen molar-refractivity contribution >= 4 is 0 Å². The Bertz CT molecular complexity index is 1380. The predicted molar refractivity (Wildman–Crippen MR) is 186 cm³/mol. The lowest BCUT2D eigenvalue weighted by atomic mass is 9.68. The van der Waals surface area contributed by atoms with Crippen molar-refractivity contribution < 1.29 is 17.9 Å². The first-order valence-electron chi connectivity index (χ1n) is 18.1. The Morgan fingerprint density at radius 1 is 0.696 bits per heavy atom. The molecule has 2 fully saturated rings. The maximum atomic E-state index is 15.5. The zero-order valence-corrected chi connectivity index (χ0v) is 27.9. The molecule has 0 saturated heterocycles. The minimum absolute atomic E-state index is 0.0440. The average Bonchev–Trinajstić information content (AvgIpc) is 3.09. The van der Waals surface area contributed by atoms with Gasteiger partial charge in [0.2, 0.25) is 5.82 Å². The summed E-state index contributed by atoms with van der Waals surface area (Å²) in [6.45, 7) is 6.44. The molecule has 46 heavy (non-hydrogen) atoms. The topological polar surface area (TPSA) is 9.23 Å². The van der Waals surface area contributed by atoms with E-state index in [4.69, 9.17) is 4.74 Å². The quantitative estimate of drug-likeness (QED) is 0.120. The number of hydrogen-bond acceptors (Lipinski definition) is 1. The lowest BCUT2D eigenvalue weighted by Gasteiger charge is -2.38. The van der Waals surface area contributed by atoms with Crippen LogP contribution in [0.4, 0.5) is 13.2 Å². The third-order valence-corrected chi connectivity index (χ3v) is 10.9. The number of benzene rings is 3. The van der Waals surface area contributed by atoms with Crippen LogP contribution < -0.4 is 4.74 Å². The number of unbranched alkanes of at least 4 members (excludes halogenated alkanes) is 5. The van der Waals surface area contributed by atoms with Gasteiger partial charge in [-0.3, -0.25) is 0 Å². The van der Waals surface area contributed by atoms with Gasteiger partial charge in [0, 0.05) is 5.56 Å². The van der Waals surface area contributed by atoms with Crippen molar-refractivity contribution in [2.45, 2.75) is 116 Å². The normalized spacial score (nSPS) is 21.7. The fourth-order valence-corrected chi connectivity index (χ4v) is 8.01. The summed E-state index contributed by atoms with van der Waals surface area (Å²) in [5.74, 6) is 0.763. The maximum absolute atomic E-state index is 15.5. The van der Waals surface area contributed by atoms with Crippen LogP contribution in [0.15, 0.2) is 67.3 Å². The van der Waals surface area contributed by atoms with Crippen molar-refractivity contribution in [1.82, 2.24) is 0 Å². The second-order valence-electron chi connectivity index (χ2n) is 13.9. The van der Waals surface area contributed by atoms with Crippen molar-refractivity contribution in [3.05, 3.63) is 90.3 Å². The molecule has 2 aliphatic carbocycles. The van der Waals surface area contributed by atoms with Crippen molar-refractivity contribution in [3.8, 4) is 28.0 Å². The van der Waals surface area contributed by atoms with Gasteiger partial charge in [-0.1, -0.05) is 94.3 Å². The summed E-state index contributed by atoms with van der Waals surface area (Å²) in [5, 5.41) is 0. The maximum Gasteiger partial charge on any atom is 0.201 e. The van der Waals surface area contributed by atoms with Gasteiger partial charge < -0.3 is 4.74 Å². The standard InChI is InChI=1S/C42H53F3O/c1-3-5-7-8-9-10-28-46-40-27-26-38(41(44)42(40)45)35-22-18-33(19-23-35)36-24-25-37(39(43)29-36)34-20-16-32(17-21-34)31-14-12-30(13-15-31)11-6-4-2/h4,18-19,22-27,29-32,34H,2-3,5-17,20-21,28H2,1H3. The van der Waals surface area contributed by atoms with Crippen molar-refractivity contribution in [1.29, 1.82) is 0 Å². The minimum Gasteiger partial charge on any atom is -0.490 e. The molecule has 0 amide bonds. The van der Waals surface area contributed by atoms with Crippen LogP contribution in [0.1, 0.15) is 121 Å². The second-order valence-corrected chi connectivity index (χ2v) is 13.9. The van der Waals surface area contributed by atoms with Crippen LogP contribution >= 0.6 is 0 Å². The first kappa shape index (κ1) is 34.3. The number of rotatable bonds is 15. The molecule has 1 nitrogen and oxygen atoms in total. The Hall–Kier alpha value is -3.01. The van der Waals surface area contributed by atoms with E-state index in [1.807, 2.05) is 24.3 Å². The Labute approximate surface area is 275 Å². The molecule has 5 rings (SSSR count). The molecule has 0 atom stereocenters. The van der Waals surface area contributed by atoms with Crippen molar-refractivity contribution in [2.24, 2.45) is 17.8 Å². The van der Waals surface area contributed by atoms with Gasteiger partial charge in [-0.25, -0.2) is 8.78 Å². The third-order valence-electron chi connectivity index (χ3n) is 10.9. The van der Waals surface area contributed by atoms with E-state index in [0.717, 1.165) is 73.0 Å². The van der Waals surface area contributed by atoms with E-state index in [2.05, 4.69) is 19.6 Å².